The molecular formula is C18H17N5OS. The van der Waals surface area contributed by atoms with Crippen molar-refractivity contribution in [3.8, 4) is 11.6 Å². The van der Waals surface area contributed by atoms with Gasteiger partial charge in [0, 0.05) is 49.4 Å². The Labute approximate surface area is 148 Å². The van der Waals surface area contributed by atoms with Crippen molar-refractivity contribution in [2.24, 2.45) is 0 Å². The molecule has 0 aromatic carbocycles. The highest BCUT2D eigenvalue weighted by atomic mass is 32.1. The van der Waals surface area contributed by atoms with Crippen LogP contribution in [0.4, 0.5) is 0 Å². The van der Waals surface area contributed by atoms with Gasteiger partial charge in [0.2, 0.25) is 0 Å². The van der Waals surface area contributed by atoms with E-state index in [2.05, 4.69) is 37.8 Å². The number of rotatable bonds is 3. The van der Waals surface area contributed by atoms with Crippen LogP contribution < -0.4 is 0 Å². The average molecular weight is 351 g/mol. The summed E-state index contributed by atoms with van der Waals surface area (Å²) in [5, 5.41) is 2.08. The Kier molecular flexibility index (Phi) is 3.43. The molecule has 0 saturated heterocycles. The fourth-order valence-corrected chi connectivity index (χ4v) is 4.16. The summed E-state index contributed by atoms with van der Waals surface area (Å²) in [6.07, 6.45) is 6.62. The summed E-state index contributed by atoms with van der Waals surface area (Å²) in [5.74, 6) is 1.39. The van der Waals surface area contributed by atoms with Gasteiger partial charge in [0.05, 0.1) is 23.3 Å². The zero-order valence-electron chi connectivity index (χ0n) is 13.8. The van der Waals surface area contributed by atoms with Crippen molar-refractivity contribution in [2.45, 2.75) is 26.4 Å². The molecule has 0 saturated carbocycles. The second kappa shape index (κ2) is 5.79. The largest absolute Gasteiger partial charge is 0.461 e. The average Bonchev–Trinajstić information content (AvgIpc) is 3.35. The molecule has 0 aliphatic carbocycles. The van der Waals surface area contributed by atoms with Gasteiger partial charge in [0.25, 0.3) is 0 Å². The number of thiazole rings is 1. The quantitative estimate of drug-likeness (QED) is 0.567. The van der Waals surface area contributed by atoms with Crippen LogP contribution in [0.1, 0.15) is 22.6 Å². The maximum atomic E-state index is 5.40. The minimum atomic E-state index is 0.670. The van der Waals surface area contributed by atoms with Crippen LogP contribution in [0.25, 0.3) is 16.5 Å². The molecule has 0 amide bonds. The van der Waals surface area contributed by atoms with Gasteiger partial charge in [-0.15, -0.1) is 11.3 Å². The van der Waals surface area contributed by atoms with Gasteiger partial charge in [-0.05, 0) is 19.1 Å². The summed E-state index contributed by atoms with van der Waals surface area (Å²) in [6.45, 7) is 4.83. The lowest BCUT2D eigenvalue weighted by Crippen LogP contribution is -2.31. The predicted octanol–water partition coefficient (Wildman–Crippen LogP) is 3.31. The highest BCUT2D eigenvalue weighted by molar-refractivity contribution is 7.15. The molecule has 5 rings (SSSR count). The van der Waals surface area contributed by atoms with Crippen LogP contribution in [0, 0.1) is 6.92 Å². The molecule has 4 aromatic heterocycles. The summed E-state index contributed by atoms with van der Waals surface area (Å²) in [7, 11) is 0. The topological polar surface area (TPSA) is 59.5 Å². The van der Waals surface area contributed by atoms with E-state index in [1.165, 1.54) is 11.3 Å². The molecule has 0 N–H and O–H groups in total. The van der Waals surface area contributed by atoms with Gasteiger partial charge in [0.1, 0.15) is 0 Å². The molecule has 0 radical (unpaired) electrons. The summed E-state index contributed by atoms with van der Waals surface area (Å²) in [6, 6.07) is 3.75. The second-order valence-corrected chi connectivity index (χ2v) is 7.18. The maximum Gasteiger partial charge on any atom is 0.195 e. The van der Waals surface area contributed by atoms with E-state index in [4.69, 9.17) is 9.40 Å². The normalized spacial score (nSPS) is 14.9. The van der Waals surface area contributed by atoms with E-state index in [1.54, 1.807) is 17.6 Å². The van der Waals surface area contributed by atoms with Gasteiger partial charge in [0.15, 0.2) is 16.5 Å². The van der Waals surface area contributed by atoms with Crippen molar-refractivity contribution in [1.82, 2.24) is 24.3 Å². The van der Waals surface area contributed by atoms with Crippen LogP contribution in [0.2, 0.25) is 0 Å². The highest BCUT2D eigenvalue weighted by Gasteiger charge is 2.21. The molecule has 1 aliphatic rings. The Morgan fingerprint density at radius 2 is 2.28 bits per heavy atom. The van der Waals surface area contributed by atoms with E-state index in [-0.39, 0.29) is 0 Å². The summed E-state index contributed by atoms with van der Waals surface area (Å²) in [5.41, 5.74) is 4.71. The van der Waals surface area contributed by atoms with Crippen LogP contribution in [-0.4, -0.2) is 30.8 Å². The third-order valence-corrected chi connectivity index (χ3v) is 5.45. The van der Waals surface area contributed by atoms with Crippen molar-refractivity contribution < 1.29 is 4.42 Å². The lowest BCUT2D eigenvalue weighted by atomic mass is 10.1. The second-order valence-electron chi connectivity index (χ2n) is 6.30. The van der Waals surface area contributed by atoms with Crippen molar-refractivity contribution in [3.63, 3.8) is 0 Å². The molecule has 0 atom stereocenters. The lowest BCUT2D eigenvalue weighted by molar-refractivity contribution is 0.239. The SMILES string of the molecule is Cc1nc2sccn2c1CN1CCc2nc(-c3ccco3)ncc2C1. The van der Waals surface area contributed by atoms with Gasteiger partial charge in [-0.1, -0.05) is 0 Å². The Hall–Kier alpha value is -2.51. The fourth-order valence-electron chi connectivity index (χ4n) is 3.38. The number of hydrogen-bond donors (Lipinski definition) is 0. The van der Waals surface area contributed by atoms with Crippen LogP contribution in [-0.2, 0) is 19.5 Å². The third kappa shape index (κ3) is 2.56. The predicted molar refractivity (Wildman–Crippen MR) is 95.4 cm³/mol. The lowest BCUT2D eigenvalue weighted by Gasteiger charge is -2.27. The molecule has 4 aromatic rings. The number of imidazole rings is 1. The molecule has 25 heavy (non-hydrogen) atoms. The van der Waals surface area contributed by atoms with Crippen molar-refractivity contribution in [3.05, 3.63) is 58.8 Å². The van der Waals surface area contributed by atoms with Gasteiger partial charge in [-0.25, -0.2) is 15.0 Å². The first-order chi connectivity index (χ1) is 12.3. The maximum absolute atomic E-state index is 5.40. The van der Waals surface area contributed by atoms with Crippen molar-refractivity contribution >= 4 is 16.3 Å². The highest BCUT2D eigenvalue weighted by Crippen LogP contribution is 2.24. The Bertz CT molecular complexity index is 1030. The van der Waals surface area contributed by atoms with Crippen molar-refractivity contribution in [2.75, 3.05) is 6.54 Å². The number of aryl methyl sites for hydroxylation is 1. The van der Waals surface area contributed by atoms with Crippen LogP contribution in [0.3, 0.4) is 0 Å². The standard InChI is InChI=1S/C18H17N5OS/c1-12-15(23-6-8-25-18(23)20-12)11-22-5-4-14-13(10-22)9-19-17(21-14)16-3-2-7-24-16/h2-3,6-9H,4-5,10-11H2,1H3. The number of aromatic nitrogens is 4. The first-order valence-electron chi connectivity index (χ1n) is 8.30. The first-order valence-corrected chi connectivity index (χ1v) is 9.18. The van der Waals surface area contributed by atoms with E-state index < -0.39 is 0 Å². The van der Waals surface area contributed by atoms with Gasteiger partial charge < -0.3 is 4.42 Å². The first kappa shape index (κ1) is 14.8. The van der Waals surface area contributed by atoms with E-state index in [9.17, 15) is 0 Å². The zero-order chi connectivity index (χ0) is 16.8. The van der Waals surface area contributed by atoms with Crippen molar-refractivity contribution in [1.29, 1.82) is 0 Å². The summed E-state index contributed by atoms with van der Waals surface area (Å²) < 4.78 is 7.60. The number of nitrogens with zero attached hydrogens (tertiary/aromatic N) is 5. The minimum Gasteiger partial charge on any atom is -0.461 e. The van der Waals surface area contributed by atoms with E-state index in [1.807, 2.05) is 18.3 Å². The molecule has 0 spiro atoms. The Balaban J connectivity index is 1.39. The van der Waals surface area contributed by atoms with Crippen LogP contribution in [0.5, 0.6) is 0 Å². The zero-order valence-corrected chi connectivity index (χ0v) is 14.7. The Morgan fingerprint density at radius 1 is 1.32 bits per heavy atom. The van der Waals surface area contributed by atoms with Gasteiger partial charge >= 0.3 is 0 Å². The minimum absolute atomic E-state index is 0.670. The molecule has 6 nitrogen and oxygen atoms in total. The van der Waals surface area contributed by atoms with Gasteiger partial charge in [-0.2, -0.15) is 0 Å². The van der Waals surface area contributed by atoms with Gasteiger partial charge in [-0.3, -0.25) is 9.30 Å². The number of hydrogen-bond acceptors (Lipinski definition) is 6. The molecule has 0 fully saturated rings. The molecular weight excluding hydrogens is 334 g/mol. The van der Waals surface area contributed by atoms with Crippen LogP contribution >= 0.6 is 11.3 Å². The number of furan rings is 1. The molecule has 0 bridgehead atoms. The monoisotopic (exact) mass is 351 g/mol. The fraction of sp³-hybridized carbons (Fsp3) is 0.278. The Morgan fingerprint density at radius 3 is 3.16 bits per heavy atom. The van der Waals surface area contributed by atoms with Crippen LogP contribution in [0.15, 0.2) is 40.6 Å². The smallest absolute Gasteiger partial charge is 0.195 e. The molecule has 5 heterocycles. The summed E-state index contributed by atoms with van der Waals surface area (Å²) in [4.78, 5) is 17.3. The molecule has 7 heteroatoms. The summed E-state index contributed by atoms with van der Waals surface area (Å²) >= 11 is 1.68. The molecule has 0 unspecified atom stereocenters. The van der Waals surface area contributed by atoms with E-state index in [0.717, 1.165) is 48.2 Å². The van der Waals surface area contributed by atoms with E-state index in [0.29, 0.717) is 5.82 Å². The third-order valence-electron chi connectivity index (χ3n) is 4.69. The molecule has 126 valence electrons. The number of fused-ring (bicyclic) bond motifs is 2. The molecule has 1 aliphatic heterocycles. The van der Waals surface area contributed by atoms with E-state index >= 15 is 0 Å².